The summed E-state index contributed by atoms with van der Waals surface area (Å²) >= 11 is 0. The third kappa shape index (κ3) is 3.52. The molecule has 0 aliphatic carbocycles. The van der Waals surface area contributed by atoms with Crippen LogP contribution < -0.4 is 5.32 Å². The van der Waals surface area contributed by atoms with Gasteiger partial charge in [-0.3, -0.25) is 4.79 Å². The topological polar surface area (TPSA) is 44.7 Å². The highest BCUT2D eigenvalue weighted by atomic mass is 16.2. The normalized spacial score (nSPS) is 9.67. The van der Waals surface area contributed by atoms with Crippen LogP contribution in [-0.4, -0.2) is 31.3 Å². The van der Waals surface area contributed by atoms with Gasteiger partial charge in [0.1, 0.15) is 6.34 Å². The van der Waals surface area contributed by atoms with Crippen molar-refractivity contribution in [1.82, 2.24) is 10.3 Å². The number of rotatable bonds is 2. The Kier molecular flexibility index (Phi) is 3.43. The number of hydrogen-bond acceptors (Lipinski definition) is 2. The molecule has 0 aromatic heterocycles. The lowest BCUT2D eigenvalue weighted by Crippen LogP contribution is -2.19. The van der Waals surface area contributed by atoms with Gasteiger partial charge >= 0.3 is 0 Å². The fourth-order valence-electron chi connectivity index (χ4n) is 0.226. The molecular formula is C5H11N3O. The molecule has 0 aliphatic heterocycles. The zero-order valence-corrected chi connectivity index (χ0v) is 5.88. The quantitative estimate of drug-likeness (QED) is 0.314. The largest absolute Gasteiger partial charge is 0.378 e. The van der Waals surface area contributed by atoms with Gasteiger partial charge in [0.05, 0.1) is 0 Å². The summed E-state index contributed by atoms with van der Waals surface area (Å²) < 4.78 is 0. The average Bonchev–Trinajstić information content (AvgIpc) is 1.82. The van der Waals surface area contributed by atoms with E-state index in [0.29, 0.717) is 0 Å². The van der Waals surface area contributed by atoms with E-state index in [0.717, 1.165) is 0 Å². The van der Waals surface area contributed by atoms with Gasteiger partial charge in [-0.15, -0.1) is 0 Å². The molecule has 0 radical (unpaired) electrons. The Labute approximate surface area is 54.5 Å². The molecule has 4 nitrogen and oxygen atoms in total. The van der Waals surface area contributed by atoms with Crippen molar-refractivity contribution in [2.24, 2.45) is 5.10 Å². The fourth-order valence-corrected chi connectivity index (χ4v) is 0.226. The molecule has 1 amide bonds. The number of carbonyl (C=O) groups excluding carboxylic acids is 1. The van der Waals surface area contributed by atoms with E-state index in [2.05, 4.69) is 10.4 Å². The van der Waals surface area contributed by atoms with Gasteiger partial charge in [0.25, 0.3) is 0 Å². The molecule has 0 atom stereocenters. The van der Waals surface area contributed by atoms with Crippen LogP contribution in [-0.2, 0) is 4.79 Å². The van der Waals surface area contributed by atoms with E-state index in [4.69, 9.17) is 0 Å². The first kappa shape index (κ1) is 7.94. The summed E-state index contributed by atoms with van der Waals surface area (Å²) in [5.74, 6) is -0.0819. The molecule has 0 rings (SSSR count). The Morgan fingerprint density at radius 2 is 2.33 bits per heavy atom. The van der Waals surface area contributed by atoms with Crippen LogP contribution in [0.4, 0.5) is 0 Å². The molecule has 0 saturated carbocycles. The number of nitrogens with one attached hydrogen (secondary N) is 1. The van der Waals surface area contributed by atoms with Crippen molar-refractivity contribution in [1.29, 1.82) is 0 Å². The van der Waals surface area contributed by atoms with E-state index in [-0.39, 0.29) is 5.91 Å². The molecular weight excluding hydrogens is 118 g/mol. The zero-order valence-electron chi connectivity index (χ0n) is 5.88. The molecule has 52 valence electrons. The van der Waals surface area contributed by atoms with Gasteiger partial charge in [-0.25, -0.2) is 5.01 Å². The number of amides is 1. The summed E-state index contributed by atoms with van der Waals surface area (Å²) in [6, 6.07) is 0. The minimum absolute atomic E-state index is 0.0819. The summed E-state index contributed by atoms with van der Waals surface area (Å²) in [5, 5.41) is 7.60. The van der Waals surface area contributed by atoms with Crippen LogP contribution in [0.3, 0.4) is 0 Å². The van der Waals surface area contributed by atoms with E-state index in [1.165, 1.54) is 18.3 Å². The molecule has 0 unspecified atom stereocenters. The van der Waals surface area contributed by atoms with Crippen molar-refractivity contribution in [2.75, 3.05) is 14.1 Å². The van der Waals surface area contributed by atoms with Crippen LogP contribution in [0.15, 0.2) is 5.10 Å². The summed E-state index contributed by atoms with van der Waals surface area (Å²) in [4.78, 5) is 10.4. The minimum Gasteiger partial charge on any atom is -0.378 e. The molecule has 0 aliphatic rings. The molecule has 0 aromatic carbocycles. The second-order valence-electron chi connectivity index (χ2n) is 1.58. The van der Waals surface area contributed by atoms with Crippen LogP contribution in [0.1, 0.15) is 6.92 Å². The monoisotopic (exact) mass is 129 g/mol. The average molecular weight is 129 g/mol. The fraction of sp³-hybridized carbons (Fsp3) is 0.600. The highest BCUT2D eigenvalue weighted by Gasteiger charge is 1.94. The van der Waals surface area contributed by atoms with Gasteiger partial charge in [0, 0.05) is 21.0 Å². The first-order chi connectivity index (χ1) is 4.18. The highest BCUT2D eigenvalue weighted by molar-refractivity contribution is 5.73. The van der Waals surface area contributed by atoms with Crippen LogP contribution in [0.25, 0.3) is 0 Å². The maximum Gasteiger partial charge on any atom is 0.239 e. The second kappa shape index (κ2) is 3.88. The van der Waals surface area contributed by atoms with Gasteiger partial charge in [0.15, 0.2) is 0 Å². The van der Waals surface area contributed by atoms with Gasteiger partial charge in [-0.2, -0.15) is 5.10 Å². The third-order valence-corrected chi connectivity index (χ3v) is 0.816. The lowest BCUT2D eigenvalue weighted by Gasteiger charge is -2.04. The van der Waals surface area contributed by atoms with E-state index in [1.54, 1.807) is 14.1 Å². The maximum absolute atomic E-state index is 10.4. The van der Waals surface area contributed by atoms with Crippen molar-refractivity contribution in [3.63, 3.8) is 0 Å². The summed E-state index contributed by atoms with van der Waals surface area (Å²) in [7, 11) is 3.31. The third-order valence-electron chi connectivity index (χ3n) is 0.816. The highest BCUT2D eigenvalue weighted by Crippen LogP contribution is 1.79. The number of hydrogen-bond donors (Lipinski definition) is 1. The molecule has 0 heterocycles. The van der Waals surface area contributed by atoms with Crippen LogP contribution in [0.2, 0.25) is 0 Å². The minimum atomic E-state index is -0.0819. The molecule has 0 fully saturated rings. The Hall–Kier alpha value is -1.06. The van der Waals surface area contributed by atoms with Crippen molar-refractivity contribution < 1.29 is 4.79 Å². The van der Waals surface area contributed by atoms with Crippen molar-refractivity contribution in [3.8, 4) is 0 Å². The van der Waals surface area contributed by atoms with Crippen LogP contribution >= 0.6 is 0 Å². The van der Waals surface area contributed by atoms with Crippen molar-refractivity contribution in [3.05, 3.63) is 0 Å². The van der Waals surface area contributed by atoms with Crippen molar-refractivity contribution >= 4 is 12.2 Å². The van der Waals surface area contributed by atoms with E-state index in [1.807, 2.05) is 0 Å². The molecule has 0 saturated heterocycles. The van der Waals surface area contributed by atoms with E-state index < -0.39 is 0 Å². The van der Waals surface area contributed by atoms with Gasteiger partial charge in [0.2, 0.25) is 5.91 Å². The molecule has 0 bridgehead atoms. The zero-order chi connectivity index (χ0) is 7.28. The Bertz CT molecular complexity index is 121. The van der Waals surface area contributed by atoms with Gasteiger partial charge < -0.3 is 5.32 Å². The lowest BCUT2D eigenvalue weighted by molar-refractivity contribution is -0.127. The Morgan fingerprint density at radius 1 is 1.78 bits per heavy atom. The summed E-state index contributed by atoms with van der Waals surface area (Å²) in [6.45, 7) is 1.45. The standard InChI is InChI=1S/C5H11N3O/c1-5(9)8(3)7-4-6-2/h4H,1-3H3,(H,6,7). The molecule has 9 heavy (non-hydrogen) atoms. The van der Waals surface area contributed by atoms with Gasteiger partial charge in [-0.05, 0) is 0 Å². The predicted octanol–water partition coefficient (Wildman–Crippen LogP) is -0.373. The second-order valence-corrected chi connectivity index (χ2v) is 1.58. The van der Waals surface area contributed by atoms with Gasteiger partial charge in [-0.1, -0.05) is 0 Å². The summed E-state index contributed by atoms with van der Waals surface area (Å²) in [5.41, 5.74) is 0. The number of carbonyl (C=O) groups is 1. The maximum atomic E-state index is 10.4. The Balaban J connectivity index is 3.62. The number of hydrazone groups is 1. The number of nitrogens with zero attached hydrogens (tertiary/aromatic N) is 2. The lowest BCUT2D eigenvalue weighted by atomic mass is 10.7. The predicted molar refractivity (Wildman–Crippen MR) is 36.0 cm³/mol. The molecule has 4 heteroatoms. The summed E-state index contributed by atoms with van der Waals surface area (Å²) in [6.07, 6.45) is 1.45. The molecule has 0 aromatic rings. The van der Waals surface area contributed by atoms with E-state index >= 15 is 0 Å². The van der Waals surface area contributed by atoms with Crippen LogP contribution in [0.5, 0.6) is 0 Å². The smallest absolute Gasteiger partial charge is 0.239 e. The van der Waals surface area contributed by atoms with Crippen LogP contribution in [0, 0.1) is 0 Å². The Morgan fingerprint density at radius 3 is 2.67 bits per heavy atom. The van der Waals surface area contributed by atoms with Crippen molar-refractivity contribution in [2.45, 2.75) is 6.92 Å². The SMILES string of the molecule is CN/C=N\N(C)C(C)=O. The van der Waals surface area contributed by atoms with E-state index in [9.17, 15) is 4.79 Å². The molecule has 1 N–H and O–H groups in total. The first-order valence-electron chi connectivity index (χ1n) is 2.62. The molecule has 0 spiro atoms. The first-order valence-corrected chi connectivity index (χ1v) is 2.62.